The summed E-state index contributed by atoms with van der Waals surface area (Å²) in [5, 5.41) is 12.8. The number of aromatic nitrogens is 6. The van der Waals surface area contributed by atoms with E-state index >= 15 is 0 Å². The molecule has 0 aliphatic rings. The molecule has 3 aromatic heterocycles. The summed E-state index contributed by atoms with van der Waals surface area (Å²) in [7, 11) is 0. The number of alkyl halides is 1. The van der Waals surface area contributed by atoms with Gasteiger partial charge in [0, 0.05) is 35.9 Å². The largest absolute Gasteiger partial charge is 0.334 e. The van der Waals surface area contributed by atoms with Crippen molar-refractivity contribution in [2.24, 2.45) is 0 Å². The number of hydrogen-bond donors (Lipinski definition) is 0. The van der Waals surface area contributed by atoms with Crippen molar-refractivity contribution in [3.8, 4) is 22.9 Å². The Morgan fingerprint density at radius 2 is 1.44 bits per heavy atom. The highest BCUT2D eigenvalue weighted by atomic mass is 35.5. The van der Waals surface area contributed by atoms with Crippen molar-refractivity contribution in [2.45, 2.75) is 33.0 Å². The Kier molecular flexibility index (Phi) is 7.20. The fraction of sp³-hybridized carbons (Fsp3) is 0.269. The monoisotopic (exact) mass is 503 g/mol. The molecule has 10 heteroatoms. The minimum absolute atomic E-state index is 0.0621. The van der Waals surface area contributed by atoms with Crippen LogP contribution in [0.1, 0.15) is 28.8 Å². The second-order valence-corrected chi connectivity index (χ2v) is 9.04. The van der Waals surface area contributed by atoms with Crippen molar-refractivity contribution >= 4 is 11.6 Å². The molecule has 184 valence electrons. The van der Waals surface area contributed by atoms with Gasteiger partial charge in [0.1, 0.15) is 0 Å². The highest BCUT2D eigenvalue weighted by Gasteiger charge is 2.21. The number of benzene rings is 2. The van der Waals surface area contributed by atoms with Gasteiger partial charge in [0.05, 0.1) is 19.1 Å². The van der Waals surface area contributed by atoms with E-state index in [9.17, 15) is 0 Å². The van der Waals surface area contributed by atoms with Gasteiger partial charge in [-0.1, -0.05) is 45.7 Å². The summed E-state index contributed by atoms with van der Waals surface area (Å²) in [5.74, 6) is 2.47. The smallest absolute Gasteiger partial charge is 0.257 e. The molecule has 9 nitrogen and oxygen atoms in total. The summed E-state index contributed by atoms with van der Waals surface area (Å²) in [6, 6.07) is 17.8. The molecule has 0 saturated heterocycles. The average molecular weight is 504 g/mol. The molecule has 1 unspecified atom stereocenters. The zero-order valence-electron chi connectivity index (χ0n) is 20.1. The number of halogens is 1. The Labute approximate surface area is 213 Å². The summed E-state index contributed by atoms with van der Waals surface area (Å²) >= 11 is 6.32. The minimum atomic E-state index is -0.0621. The lowest BCUT2D eigenvalue weighted by atomic mass is 10.1. The summed E-state index contributed by atoms with van der Waals surface area (Å²) < 4.78 is 13.0. The van der Waals surface area contributed by atoms with Crippen molar-refractivity contribution in [1.29, 1.82) is 0 Å². The quantitative estimate of drug-likeness (QED) is 0.243. The van der Waals surface area contributed by atoms with Gasteiger partial charge in [-0.05, 0) is 44.2 Å². The molecular formula is C26H26ClN7O2. The van der Waals surface area contributed by atoms with E-state index < -0.39 is 0 Å². The van der Waals surface area contributed by atoms with Gasteiger partial charge in [0.25, 0.3) is 11.8 Å². The lowest BCUT2D eigenvalue weighted by Crippen LogP contribution is -2.32. The van der Waals surface area contributed by atoms with E-state index in [1.165, 1.54) is 0 Å². The summed E-state index contributed by atoms with van der Waals surface area (Å²) in [6.45, 7) is 5.46. The first-order valence-corrected chi connectivity index (χ1v) is 12.2. The van der Waals surface area contributed by atoms with E-state index in [0.29, 0.717) is 48.9 Å². The number of nitrogens with zero attached hydrogens (tertiary/aromatic N) is 7. The van der Waals surface area contributed by atoms with Gasteiger partial charge in [-0.25, -0.2) is 0 Å². The first-order valence-electron chi connectivity index (χ1n) is 11.6. The maximum atomic E-state index is 6.32. The Morgan fingerprint density at radius 3 is 1.92 bits per heavy atom. The number of hydrogen-bond acceptors (Lipinski definition) is 8. The van der Waals surface area contributed by atoms with Crippen molar-refractivity contribution in [3.63, 3.8) is 0 Å². The molecule has 0 fully saturated rings. The van der Waals surface area contributed by atoms with E-state index in [1.807, 2.05) is 79.3 Å². The average Bonchev–Trinajstić information content (AvgIpc) is 3.65. The van der Waals surface area contributed by atoms with Gasteiger partial charge in [0.15, 0.2) is 11.6 Å². The topological polar surface area (TPSA) is 98.9 Å². The molecule has 0 bridgehead atoms. The summed E-state index contributed by atoms with van der Waals surface area (Å²) in [6.07, 6.45) is 3.64. The zero-order valence-corrected chi connectivity index (χ0v) is 20.8. The lowest BCUT2D eigenvalue weighted by molar-refractivity contribution is 0.202. The van der Waals surface area contributed by atoms with Crippen LogP contribution in [0.5, 0.6) is 0 Å². The van der Waals surface area contributed by atoms with E-state index in [2.05, 4.69) is 30.3 Å². The first kappa shape index (κ1) is 23.9. The molecule has 0 radical (unpaired) electrons. The van der Waals surface area contributed by atoms with Gasteiger partial charge in [0.2, 0.25) is 0 Å². The Balaban J connectivity index is 1.37. The number of rotatable bonds is 10. The van der Waals surface area contributed by atoms with Crippen molar-refractivity contribution in [1.82, 2.24) is 35.0 Å². The summed E-state index contributed by atoms with van der Waals surface area (Å²) in [5.41, 5.74) is 4.02. The molecule has 5 aromatic rings. The third kappa shape index (κ3) is 5.69. The molecule has 0 N–H and O–H groups in total. The highest BCUT2D eigenvalue weighted by molar-refractivity contribution is 6.18. The maximum absolute atomic E-state index is 6.32. The molecule has 0 aliphatic carbocycles. The van der Waals surface area contributed by atoms with Crippen LogP contribution in [0.2, 0.25) is 0 Å². The van der Waals surface area contributed by atoms with E-state index in [1.54, 1.807) is 6.20 Å². The van der Waals surface area contributed by atoms with Crippen molar-refractivity contribution in [2.75, 3.05) is 12.4 Å². The number of aryl methyl sites for hydroxylation is 2. The molecule has 0 aliphatic heterocycles. The van der Waals surface area contributed by atoms with E-state index in [-0.39, 0.29) is 6.04 Å². The zero-order chi connectivity index (χ0) is 24.9. The Morgan fingerprint density at radius 1 is 0.861 bits per heavy atom. The molecule has 1 atom stereocenters. The predicted molar refractivity (Wildman–Crippen MR) is 135 cm³/mol. The third-order valence-electron chi connectivity index (χ3n) is 5.74. The second kappa shape index (κ2) is 10.8. The molecule has 0 saturated carbocycles. The van der Waals surface area contributed by atoms with Gasteiger partial charge in [-0.2, -0.15) is 15.1 Å². The third-order valence-corrected chi connectivity index (χ3v) is 6.10. The molecule has 3 heterocycles. The molecule has 2 aromatic carbocycles. The molecule has 0 spiro atoms. The SMILES string of the molecule is Cc1cccc(-c2nc(CN(Cc3noc(-c4cccc(C)c4)n3)CC(CCl)n3cccn3)no2)c1. The van der Waals surface area contributed by atoms with Crippen LogP contribution < -0.4 is 0 Å². The Bertz CT molecular complexity index is 1330. The van der Waals surface area contributed by atoms with Crippen LogP contribution in [0.15, 0.2) is 76.0 Å². The van der Waals surface area contributed by atoms with E-state index in [0.717, 1.165) is 22.3 Å². The predicted octanol–water partition coefficient (Wildman–Crippen LogP) is 5.08. The normalized spacial score (nSPS) is 12.3. The maximum Gasteiger partial charge on any atom is 0.257 e. The minimum Gasteiger partial charge on any atom is -0.334 e. The summed E-state index contributed by atoms with van der Waals surface area (Å²) in [4.78, 5) is 11.4. The van der Waals surface area contributed by atoms with Crippen LogP contribution in [0.3, 0.4) is 0 Å². The van der Waals surface area contributed by atoms with Crippen LogP contribution in [0.25, 0.3) is 22.9 Å². The molecule has 36 heavy (non-hydrogen) atoms. The highest BCUT2D eigenvalue weighted by Crippen LogP contribution is 2.22. The van der Waals surface area contributed by atoms with Crippen LogP contribution in [0, 0.1) is 13.8 Å². The van der Waals surface area contributed by atoms with Crippen LogP contribution >= 0.6 is 11.6 Å². The van der Waals surface area contributed by atoms with E-state index in [4.69, 9.17) is 20.6 Å². The molecule has 5 rings (SSSR count). The fourth-order valence-corrected chi connectivity index (χ4v) is 4.25. The van der Waals surface area contributed by atoms with Gasteiger partial charge < -0.3 is 9.05 Å². The molecular weight excluding hydrogens is 478 g/mol. The first-order chi connectivity index (χ1) is 17.6. The van der Waals surface area contributed by atoms with Crippen molar-refractivity contribution in [3.05, 3.63) is 89.8 Å². The molecule has 0 amide bonds. The lowest BCUT2D eigenvalue weighted by Gasteiger charge is -2.24. The van der Waals surface area contributed by atoms with Crippen LogP contribution in [-0.2, 0) is 13.1 Å². The van der Waals surface area contributed by atoms with Gasteiger partial charge in [-0.15, -0.1) is 11.6 Å². The van der Waals surface area contributed by atoms with Gasteiger partial charge in [-0.3, -0.25) is 9.58 Å². The van der Waals surface area contributed by atoms with Crippen LogP contribution in [0.4, 0.5) is 0 Å². The van der Waals surface area contributed by atoms with Crippen molar-refractivity contribution < 1.29 is 9.05 Å². The Hall–Kier alpha value is -3.82. The van der Waals surface area contributed by atoms with Gasteiger partial charge >= 0.3 is 0 Å². The second-order valence-electron chi connectivity index (χ2n) is 8.73. The van der Waals surface area contributed by atoms with Crippen LogP contribution in [-0.4, -0.2) is 47.4 Å². The fourth-order valence-electron chi connectivity index (χ4n) is 4.01. The standard InChI is InChI=1S/C26H26ClN7O2/c1-18-6-3-8-20(12-18)25-29-23(31-35-25)16-33(15-22(14-27)34-11-5-10-28-34)17-24-30-26(36-32-24)21-9-4-7-19(2)13-21/h3-13,22H,14-17H2,1-2H3.